The van der Waals surface area contributed by atoms with Crippen LogP contribution in [-0.2, 0) is 11.1 Å². The van der Waals surface area contributed by atoms with Gasteiger partial charge >= 0.3 is 0 Å². The lowest BCUT2D eigenvalue weighted by atomic mass is 10.1. The van der Waals surface area contributed by atoms with Crippen LogP contribution in [0.4, 0.5) is 4.39 Å². The van der Waals surface area contributed by atoms with E-state index < -0.39 is 0 Å². The van der Waals surface area contributed by atoms with E-state index in [1.54, 1.807) is 0 Å². The summed E-state index contributed by atoms with van der Waals surface area (Å²) >= 11 is 6.78. The molecule has 0 fully saturated rings. The van der Waals surface area contributed by atoms with Gasteiger partial charge in [-0.3, -0.25) is 0 Å². The number of amidine groups is 1. The lowest BCUT2D eigenvalue weighted by Gasteiger charge is -2.03. The van der Waals surface area contributed by atoms with E-state index in [0.29, 0.717) is 21.6 Å². The maximum atomic E-state index is 13.8. The monoisotopic (exact) mass is 505 g/mol. The quantitative estimate of drug-likeness (QED) is 0.206. The molecule has 2 rings (SSSR count). The van der Waals surface area contributed by atoms with Crippen LogP contribution >= 0.6 is 50.3 Å². The highest BCUT2D eigenvalue weighted by molar-refractivity contribution is 14.1. The minimum absolute atomic E-state index is 0.259. The molecule has 0 spiro atoms. The molecule has 0 atom stereocenters. The SMILES string of the molecule is NC(=NN=Cc1cc(F)c(CBr)c(I)c1)SCc1ccccc1. The van der Waals surface area contributed by atoms with Crippen LogP contribution in [0.1, 0.15) is 16.7 Å². The molecule has 0 unspecified atom stereocenters. The first-order valence-electron chi connectivity index (χ1n) is 6.67. The summed E-state index contributed by atoms with van der Waals surface area (Å²) in [6, 6.07) is 13.3. The summed E-state index contributed by atoms with van der Waals surface area (Å²) in [5.41, 5.74) is 8.27. The van der Waals surface area contributed by atoms with Crippen LogP contribution in [0, 0.1) is 9.39 Å². The van der Waals surface area contributed by atoms with Gasteiger partial charge in [0.1, 0.15) is 5.82 Å². The predicted octanol–water partition coefficient (Wildman–Crippen LogP) is 4.91. The van der Waals surface area contributed by atoms with Crippen molar-refractivity contribution in [2.75, 3.05) is 0 Å². The van der Waals surface area contributed by atoms with Gasteiger partial charge in [0, 0.05) is 20.2 Å². The van der Waals surface area contributed by atoms with Crippen molar-refractivity contribution in [2.24, 2.45) is 15.9 Å². The van der Waals surface area contributed by atoms with Gasteiger partial charge < -0.3 is 5.73 Å². The van der Waals surface area contributed by atoms with Crippen molar-refractivity contribution in [1.82, 2.24) is 0 Å². The van der Waals surface area contributed by atoms with E-state index in [-0.39, 0.29) is 5.82 Å². The fraction of sp³-hybridized carbons (Fsp3) is 0.125. The van der Waals surface area contributed by atoms with Gasteiger partial charge in [-0.25, -0.2) is 4.39 Å². The van der Waals surface area contributed by atoms with Crippen molar-refractivity contribution in [3.8, 4) is 0 Å². The number of nitrogens with two attached hydrogens (primary N) is 1. The number of benzene rings is 2. The third-order valence-corrected chi connectivity index (χ3v) is 5.27. The zero-order chi connectivity index (χ0) is 16.7. The molecule has 0 aliphatic heterocycles. The van der Waals surface area contributed by atoms with Gasteiger partial charge in [-0.2, -0.15) is 5.10 Å². The zero-order valence-electron chi connectivity index (χ0n) is 12.0. The molecule has 0 aromatic heterocycles. The topological polar surface area (TPSA) is 50.7 Å². The fourth-order valence-corrected chi connectivity index (χ4v) is 4.25. The molecule has 2 aromatic carbocycles. The van der Waals surface area contributed by atoms with Crippen LogP contribution in [-0.4, -0.2) is 11.4 Å². The molecule has 7 heteroatoms. The third kappa shape index (κ3) is 5.89. The Hall–Kier alpha value is -0.930. The number of halogens is 3. The summed E-state index contributed by atoms with van der Waals surface area (Å²) in [4.78, 5) is 0. The molecule has 0 saturated heterocycles. The van der Waals surface area contributed by atoms with Crippen LogP contribution in [0.3, 0.4) is 0 Å². The minimum Gasteiger partial charge on any atom is -0.377 e. The van der Waals surface area contributed by atoms with Crippen LogP contribution in [0.25, 0.3) is 0 Å². The maximum absolute atomic E-state index is 13.8. The summed E-state index contributed by atoms with van der Waals surface area (Å²) in [6.07, 6.45) is 1.50. The van der Waals surface area contributed by atoms with E-state index >= 15 is 0 Å². The Morgan fingerprint density at radius 2 is 2.04 bits per heavy atom. The first-order chi connectivity index (χ1) is 11.1. The van der Waals surface area contributed by atoms with Gasteiger partial charge in [-0.1, -0.05) is 58.0 Å². The Morgan fingerprint density at radius 1 is 1.30 bits per heavy atom. The van der Waals surface area contributed by atoms with Gasteiger partial charge in [0.15, 0.2) is 5.17 Å². The van der Waals surface area contributed by atoms with Gasteiger partial charge in [0.2, 0.25) is 0 Å². The van der Waals surface area contributed by atoms with E-state index in [9.17, 15) is 4.39 Å². The van der Waals surface area contributed by atoms with E-state index in [1.807, 2.05) is 36.4 Å². The normalized spacial score (nSPS) is 12.0. The lowest BCUT2D eigenvalue weighted by molar-refractivity contribution is 0.616. The smallest absolute Gasteiger partial charge is 0.180 e. The number of hydrogen-bond donors (Lipinski definition) is 1. The molecule has 2 aromatic rings. The second-order valence-electron chi connectivity index (χ2n) is 4.55. The summed E-state index contributed by atoms with van der Waals surface area (Å²) in [6.45, 7) is 0. The molecule has 0 radical (unpaired) electrons. The summed E-state index contributed by atoms with van der Waals surface area (Å²) < 4.78 is 14.7. The zero-order valence-corrected chi connectivity index (χ0v) is 16.6. The molecule has 0 aliphatic carbocycles. The standard InChI is InChI=1S/C16H14BrFIN3S/c17-8-13-14(18)6-12(7-15(13)19)9-21-22-16(20)23-10-11-4-2-1-3-5-11/h1-7,9H,8,10H2,(H2,20,22). The van der Waals surface area contributed by atoms with Gasteiger partial charge in [0.25, 0.3) is 0 Å². The molecular formula is C16H14BrFIN3S. The molecule has 0 aliphatic rings. The van der Waals surface area contributed by atoms with Crippen LogP contribution in [0.15, 0.2) is 52.7 Å². The average Bonchev–Trinajstić information content (AvgIpc) is 2.54. The third-order valence-electron chi connectivity index (χ3n) is 2.89. The summed E-state index contributed by atoms with van der Waals surface area (Å²) in [5, 5.41) is 8.71. The molecular weight excluding hydrogens is 492 g/mol. The highest BCUT2D eigenvalue weighted by atomic mass is 127. The van der Waals surface area contributed by atoms with Crippen molar-refractivity contribution in [3.63, 3.8) is 0 Å². The van der Waals surface area contributed by atoms with Crippen LogP contribution < -0.4 is 5.73 Å². The summed E-state index contributed by atoms with van der Waals surface area (Å²) in [5.74, 6) is 0.476. The molecule has 0 heterocycles. The highest BCUT2D eigenvalue weighted by Crippen LogP contribution is 2.20. The second kappa shape index (κ2) is 9.39. The molecule has 23 heavy (non-hydrogen) atoms. The fourth-order valence-electron chi connectivity index (χ4n) is 1.74. The Balaban J connectivity index is 1.97. The maximum Gasteiger partial charge on any atom is 0.180 e. The van der Waals surface area contributed by atoms with Crippen molar-refractivity contribution in [1.29, 1.82) is 0 Å². The van der Waals surface area contributed by atoms with Gasteiger partial charge in [-0.05, 0) is 45.9 Å². The number of nitrogens with zero attached hydrogens (tertiary/aromatic N) is 2. The lowest BCUT2D eigenvalue weighted by Crippen LogP contribution is -2.06. The Labute approximate surface area is 160 Å². The predicted molar refractivity (Wildman–Crippen MR) is 109 cm³/mol. The Bertz CT molecular complexity index is 700. The molecule has 0 bridgehead atoms. The Kier molecular flexibility index (Phi) is 7.51. The van der Waals surface area contributed by atoms with E-state index in [0.717, 1.165) is 9.32 Å². The molecule has 2 N–H and O–H groups in total. The molecule has 0 saturated carbocycles. The van der Waals surface area contributed by atoms with Gasteiger partial charge in [-0.15, -0.1) is 5.10 Å². The van der Waals surface area contributed by atoms with E-state index in [2.05, 4.69) is 48.7 Å². The van der Waals surface area contributed by atoms with Crippen molar-refractivity contribution in [2.45, 2.75) is 11.1 Å². The molecule has 120 valence electrons. The Morgan fingerprint density at radius 3 is 2.70 bits per heavy atom. The van der Waals surface area contributed by atoms with Crippen molar-refractivity contribution >= 4 is 61.7 Å². The largest absolute Gasteiger partial charge is 0.377 e. The van der Waals surface area contributed by atoms with Crippen molar-refractivity contribution < 1.29 is 4.39 Å². The van der Waals surface area contributed by atoms with E-state index in [1.165, 1.54) is 29.6 Å². The summed E-state index contributed by atoms with van der Waals surface area (Å²) in [7, 11) is 0. The average molecular weight is 506 g/mol. The number of thioether (sulfide) groups is 1. The van der Waals surface area contributed by atoms with Crippen LogP contribution in [0.2, 0.25) is 0 Å². The highest BCUT2D eigenvalue weighted by Gasteiger charge is 2.07. The molecule has 0 amide bonds. The molecule has 3 nitrogen and oxygen atoms in total. The second-order valence-corrected chi connectivity index (χ2v) is 7.27. The first kappa shape index (κ1) is 18.4. The first-order valence-corrected chi connectivity index (χ1v) is 9.86. The van der Waals surface area contributed by atoms with Gasteiger partial charge in [0.05, 0.1) is 6.21 Å². The van der Waals surface area contributed by atoms with Crippen LogP contribution in [0.5, 0.6) is 0 Å². The number of hydrogen-bond acceptors (Lipinski definition) is 3. The van der Waals surface area contributed by atoms with Crippen molar-refractivity contribution in [3.05, 3.63) is 68.5 Å². The minimum atomic E-state index is -0.259. The van der Waals surface area contributed by atoms with E-state index in [4.69, 9.17) is 5.73 Å². The number of rotatable bonds is 5. The number of alkyl halides is 1.